The molecule has 5 heteroatoms. The molecule has 0 amide bonds. The molecule has 88 valence electrons. The first-order chi connectivity index (χ1) is 7.90. The Labute approximate surface area is 99.9 Å². The highest BCUT2D eigenvalue weighted by Gasteiger charge is 2.32. The molecular formula is C11H16ClN3O. The van der Waals surface area contributed by atoms with Crippen molar-refractivity contribution >= 4 is 11.6 Å². The van der Waals surface area contributed by atoms with Crippen LogP contribution in [0.1, 0.15) is 49.0 Å². The number of hydrogen-bond donors (Lipinski definition) is 0. The Morgan fingerprint density at radius 3 is 2.62 bits per heavy atom. The molecule has 0 radical (unpaired) electrons. The Morgan fingerprint density at radius 2 is 2.00 bits per heavy atom. The fraction of sp³-hybridized carbons (Fsp3) is 0.818. The van der Waals surface area contributed by atoms with Gasteiger partial charge in [-0.1, -0.05) is 5.21 Å². The van der Waals surface area contributed by atoms with Gasteiger partial charge in [0, 0.05) is 19.1 Å². The van der Waals surface area contributed by atoms with E-state index in [2.05, 4.69) is 15.0 Å². The van der Waals surface area contributed by atoms with Crippen LogP contribution in [0.4, 0.5) is 0 Å². The maximum Gasteiger partial charge on any atom is 0.101 e. The van der Waals surface area contributed by atoms with Crippen molar-refractivity contribution in [2.75, 3.05) is 13.2 Å². The fourth-order valence-corrected chi connectivity index (χ4v) is 2.60. The van der Waals surface area contributed by atoms with Crippen LogP contribution in [0, 0.1) is 0 Å². The van der Waals surface area contributed by atoms with Gasteiger partial charge < -0.3 is 4.74 Å². The number of aromatic nitrogens is 3. The topological polar surface area (TPSA) is 39.9 Å². The van der Waals surface area contributed by atoms with Crippen molar-refractivity contribution in [1.82, 2.24) is 15.0 Å². The van der Waals surface area contributed by atoms with Crippen LogP contribution in [0.2, 0.25) is 0 Å². The molecule has 0 atom stereocenters. The molecule has 0 N–H and O–H groups in total. The minimum atomic E-state index is 0.472. The van der Waals surface area contributed by atoms with Gasteiger partial charge in [-0.25, -0.2) is 4.68 Å². The van der Waals surface area contributed by atoms with Crippen molar-refractivity contribution < 1.29 is 4.74 Å². The number of nitrogens with zero attached hydrogens (tertiary/aromatic N) is 3. The molecule has 4 nitrogen and oxygen atoms in total. The van der Waals surface area contributed by atoms with Crippen molar-refractivity contribution in [3.05, 3.63) is 11.4 Å². The number of ether oxygens (including phenoxy) is 1. The van der Waals surface area contributed by atoms with E-state index in [1.807, 2.05) is 0 Å². The van der Waals surface area contributed by atoms with Crippen molar-refractivity contribution in [1.29, 1.82) is 0 Å². The largest absolute Gasteiger partial charge is 0.381 e. The minimum Gasteiger partial charge on any atom is -0.381 e. The third-order valence-corrected chi connectivity index (χ3v) is 3.68. The van der Waals surface area contributed by atoms with Crippen molar-refractivity contribution in [3.8, 4) is 0 Å². The molecule has 1 aliphatic heterocycles. The van der Waals surface area contributed by atoms with Gasteiger partial charge in [0.1, 0.15) is 5.69 Å². The molecule has 2 aliphatic rings. The zero-order chi connectivity index (χ0) is 11.0. The lowest BCUT2D eigenvalue weighted by molar-refractivity contribution is 0.0833. The molecule has 0 spiro atoms. The highest BCUT2D eigenvalue weighted by molar-refractivity contribution is 6.16. The molecule has 1 aromatic rings. The molecule has 1 aromatic heterocycles. The predicted molar refractivity (Wildman–Crippen MR) is 60.6 cm³/mol. The summed E-state index contributed by atoms with van der Waals surface area (Å²) >= 11 is 5.94. The molecule has 1 aliphatic carbocycles. The maximum atomic E-state index is 5.94. The van der Waals surface area contributed by atoms with Gasteiger partial charge in [0.2, 0.25) is 0 Å². The fourth-order valence-electron chi connectivity index (χ4n) is 2.41. The zero-order valence-corrected chi connectivity index (χ0v) is 9.99. The van der Waals surface area contributed by atoms with E-state index in [4.69, 9.17) is 16.3 Å². The van der Waals surface area contributed by atoms with Gasteiger partial charge in [0.25, 0.3) is 0 Å². The van der Waals surface area contributed by atoms with E-state index < -0.39 is 0 Å². The summed E-state index contributed by atoms with van der Waals surface area (Å²) in [4.78, 5) is 0. The van der Waals surface area contributed by atoms with E-state index in [1.54, 1.807) is 0 Å². The summed E-state index contributed by atoms with van der Waals surface area (Å²) in [6.45, 7) is 1.70. The molecule has 0 bridgehead atoms. The Morgan fingerprint density at radius 1 is 1.25 bits per heavy atom. The van der Waals surface area contributed by atoms with E-state index in [9.17, 15) is 0 Å². The first-order valence-electron chi connectivity index (χ1n) is 5.98. The van der Waals surface area contributed by atoms with Gasteiger partial charge in [-0.05, 0) is 25.7 Å². The minimum absolute atomic E-state index is 0.472. The normalized spacial score (nSPS) is 22.6. The van der Waals surface area contributed by atoms with Crippen LogP contribution in [0.25, 0.3) is 0 Å². The molecule has 0 aromatic carbocycles. The third-order valence-electron chi connectivity index (χ3n) is 3.43. The maximum absolute atomic E-state index is 5.94. The second kappa shape index (κ2) is 4.34. The van der Waals surface area contributed by atoms with Crippen molar-refractivity contribution in [3.63, 3.8) is 0 Å². The standard InChI is InChI=1S/C11H16ClN3O/c12-7-10-11(8-3-5-16-6-4-8)15(14-13-10)9-1-2-9/h8-9H,1-7H2. The van der Waals surface area contributed by atoms with Crippen LogP contribution < -0.4 is 0 Å². The second-order valence-corrected chi connectivity index (χ2v) is 4.88. The second-order valence-electron chi connectivity index (χ2n) is 4.62. The van der Waals surface area contributed by atoms with Gasteiger partial charge >= 0.3 is 0 Å². The molecule has 0 unspecified atom stereocenters. The van der Waals surface area contributed by atoms with Crippen molar-refractivity contribution in [2.45, 2.75) is 43.5 Å². The summed E-state index contributed by atoms with van der Waals surface area (Å²) in [6, 6.07) is 0.585. The highest BCUT2D eigenvalue weighted by Crippen LogP contribution is 2.39. The molecular weight excluding hydrogens is 226 g/mol. The molecule has 1 saturated heterocycles. The molecule has 16 heavy (non-hydrogen) atoms. The highest BCUT2D eigenvalue weighted by atomic mass is 35.5. The van der Waals surface area contributed by atoms with E-state index in [1.165, 1.54) is 18.5 Å². The Bertz CT molecular complexity index is 369. The summed E-state index contributed by atoms with van der Waals surface area (Å²) in [5, 5.41) is 8.48. The lowest BCUT2D eigenvalue weighted by Gasteiger charge is -2.23. The summed E-state index contributed by atoms with van der Waals surface area (Å²) in [7, 11) is 0. The van der Waals surface area contributed by atoms with Gasteiger partial charge in [-0.15, -0.1) is 16.7 Å². The quantitative estimate of drug-likeness (QED) is 0.762. The van der Waals surface area contributed by atoms with Crippen LogP contribution in [-0.4, -0.2) is 28.2 Å². The van der Waals surface area contributed by atoms with E-state index in [-0.39, 0.29) is 0 Å². The molecule has 1 saturated carbocycles. The summed E-state index contributed by atoms with van der Waals surface area (Å²) < 4.78 is 7.52. The van der Waals surface area contributed by atoms with Gasteiger partial charge in [-0.2, -0.15) is 0 Å². The van der Waals surface area contributed by atoms with Gasteiger partial charge in [0.05, 0.1) is 17.6 Å². The summed E-state index contributed by atoms with van der Waals surface area (Å²) in [5.74, 6) is 1.01. The first-order valence-corrected chi connectivity index (χ1v) is 6.51. The number of halogens is 1. The first kappa shape index (κ1) is 10.5. The lowest BCUT2D eigenvalue weighted by Crippen LogP contribution is -2.18. The smallest absolute Gasteiger partial charge is 0.101 e. The van der Waals surface area contributed by atoms with Crippen LogP contribution in [0.15, 0.2) is 0 Å². The lowest BCUT2D eigenvalue weighted by atomic mass is 9.95. The van der Waals surface area contributed by atoms with Crippen LogP contribution >= 0.6 is 11.6 Å². The number of rotatable bonds is 3. The van der Waals surface area contributed by atoms with Gasteiger partial charge in [0.15, 0.2) is 0 Å². The van der Waals surface area contributed by atoms with Crippen LogP contribution in [0.5, 0.6) is 0 Å². The molecule has 2 heterocycles. The van der Waals surface area contributed by atoms with E-state index in [0.29, 0.717) is 17.8 Å². The Balaban J connectivity index is 1.91. The average Bonchev–Trinajstić information content (AvgIpc) is 3.09. The third kappa shape index (κ3) is 1.84. The molecule has 3 rings (SSSR count). The average molecular weight is 242 g/mol. The van der Waals surface area contributed by atoms with Gasteiger partial charge in [-0.3, -0.25) is 0 Å². The molecule has 2 fully saturated rings. The van der Waals surface area contributed by atoms with E-state index in [0.717, 1.165) is 31.7 Å². The van der Waals surface area contributed by atoms with Crippen LogP contribution in [-0.2, 0) is 10.6 Å². The summed E-state index contributed by atoms with van der Waals surface area (Å²) in [5.41, 5.74) is 2.25. The monoisotopic (exact) mass is 241 g/mol. The van der Waals surface area contributed by atoms with Crippen molar-refractivity contribution in [2.24, 2.45) is 0 Å². The van der Waals surface area contributed by atoms with E-state index >= 15 is 0 Å². The zero-order valence-electron chi connectivity index (χ0n) is 9.23. The SMILES string of the molecule is ClCc1nnn(C2CC2)c1C1CCOCC1. The Kier molecular flexibility index (Phi) is 2.86. The summed E-state index contributed by atoms with van der Waals surface area (Å²) in [6.07, 6.45) is 4.62. The predicted octanol–water partition coefficient (Wildman–Crippen LogP) is 2.25. The Hall–Kier alpha value is -0.610. The number of hydrogen-bond acceptors (Lipinski definition) is 3. The number of alkyl halides is 1. The van der Waals surface area contributed by atoms with Crippen LogP contribution in [0.3, 0.4) is 0 Å².